The van der Waals surface area contributed by atoms with Crippen molar-refractivity contribution in [2.75, 3.05) is 38.2 Å². The Morgan fingerprint density at radius 1 is 1.25 bits per heavy atom. The highest BCUT2D eigenvalue weighted by Crippen LogP contribution is 2.21. The first-order valence-corrected chi connectivity index (χ1v) is 7.07. The molecule has 1 saturated heterocycles. The van der Waals surface area contributed by atoms with Crippen LogP contribution in [0.1, 0.15) is 13.8 Å². The Labute approximate surface area is 118 Å². The number of para-hydroxylation sites is 2. The Balaban J connectivity index is 1.65. The van der Waals surface area contributed by atoms with Crippen LogP contribution in [-0.4, -0.2) is 48.3 Å². The Kier molecular flexibility index (Phi) is 3.63. The molecule has 0 spiro atoms. The Morgan fingerprint density at radius 2 is 2.00 bits per heavy atom. The number of morpholine rings is 1. The lowest BCUT2D eigenvalue weighted by Crippen LogP contribution is -2.53. The number of hydrogen-bond acceptors (Lipinski definition) is 5. The maximum absolute atomic E-state index is 5.69. The van der Waals surface area contributed by atoms with Gasteiger partial charge in [0.05, 0.1) is 13.2 Å². The van der Waals surface area contributed by atoms with Crippen molar-refractivity contribution in [3.8, 4) is 0 Å². The second-order valence-electron chi connectivity index (χ2n) is 5.75. The molecule has 3 rings (SSSR count). The third-order valence-corrected chi connectivity index (χ3v) is 3.83. The summed E-state index contributed by atoms with van der Waals surface area (Å²) in [4.78, 5) is 6.88. The Morgan fingerprint density at radius 3 is 2.75 bits per heavy atom. The number of nitrogens with one attached hydrogen (secondary N) is 1. The minimum Gasteiger partial charge on any atom is -0.424 e. The van der Waals surface area contributed by atoms with Crippen molar-refractivity contribution in [1.29, 1.82) is 0 Å². The zero-order valence-corrected chi connectivity index (χ0v) is 12.1. The van der Waals surface area contributed by atoms with Gasteiger partial charge in [-0.25, -0.2) is 0 Å². The average molecular weight is 275 g/mol. The van der Waals surface area contributed by atoms with Gasteiger partial charge in [0, 0.05) is 25.2 Å². The molecule has 1 fully saturated rings. The largest absolute Gasteiger partial charge is 0.424 e. The van der Waals surface area contributed by atoms with Gasteiger partial charge in [-0.05, 0) is 26.0 Å². The van der Waals surface area contributed by atoms with E-state index < -0.39 is 0 Å². The van der Waals surface area contributed by atoms with Crippen LogP contribution in [0.15, 0.2) is 28.7 Å². The van der Waals surface area contributed by atoms with E-state index in [1.165, 1.54) is 0 Å². The highest BCUT2D eigenvalue weighted by Gasteiger charge is 2.28. The molecule has 2 heterocycles. The molecule has 1 N–H and O–H groups in total. The number of ether oxygens (including phenoxy) is 1. The van der Waals surface area contributed by atoms with E-state index in [4.69, 9.17) is 9.15 Å². The van der Waals surface area contributed by atoms with Crippen molar-refractivity contribution in [2.45, 2.75) is 19.4 Å². The zero-order valence-electron chi connectivity index (χ0n) is 12.1. The quantitative estimate of drug-likeness (QED) is 0.928. The molecule has 20 heavy (non-hydrogen) atoms. The molecule has 0 amide bonds. The molecule has 0 bridgehead atoms. The minimum absolute atomic E-state index is 0.0461. The molecular formula is C15H21N3O2. The van der Waals surface area contributed by atoms with Gasteiger partial charge in [0.15, 0.2) is 5.58 Å². The standard InChI is InChI=1S/C15H21N3O2/c1-15(2,18-7-9-19-10-8-18)11-16-14-17-12-5-3-4-6-13(12)20-14/h3-6H,7-11H2,1-2H3,(H,16,17). The van der Waals surface area contributed by atoms with E-state index in [2.05, 4.69) is 29.0 Å². The predicted octanol–water partition coefficient (Wildman–Crippen LogP) is 2.35. The zero-order chi connectivity index (χ0) is 14.0. The highest BCUT2D eigenvalue weighted by molar-refractivity contribution is 5.74. The van der Waals surface area contributed by atoms with Crippen LogP contribution in [0, 0.1) is 0 Å². The fourth-order valence-corrected chi connectivity index (χ4v) is 2.52. The topological polar surface area (TPSA) is 50.5 Å². The summed E-state index contributed by atoms with van der Waals surface area (Å²) in [6.07, 6.45) is 0. The van der Waals surface area contributed by atoms with E-state index in [9.17, 15) is 0 Å². The molecule has 0 aliphatic carbocycles. The van der Waals surface area contributed by atoms with Crippen molar-refractivity contribution in [3.05, 3.63) is 24.3 Å². The summed E-state index contributed by atoms with van der Waals surface area (Å²) >= 11 is 0. The first kappa shape index (κ1) is 13.4. The molecule has 0 saturated carbocycles. The molecule has 5 nitrogen and oxygen atoms in total. The summed E-state index contributed by atoms with van der Waals surface area (Å²) in [5.41, 5.74) is 1.75. The summed E-state index contributed by atoms with van der Waals surface area (Å²) in [6, 6.07) is 8.39. The normalized spacial score (nSPS) is 17.5. The number of aromatic nitrogens is 1. The van der Waals surface area contributed by atoms with E-state index in [-0.39, 0.29) is 5.54 Å². The minimum atomic E-state index is 0.0461. The molecule has 1 aromatic heterocycles. The van der Waals surface area contributed by atoms with Crippen molar-refractivity contribution < 1.29 is 9.15 Å². The lowest BCUT2D eigenvalue weighted by Gasteiger charge is -2.40. The lowest BCUT2D eigenvalue weighted by molar-refractivity contribution is -0.00580. The fourth-order valence-electron chi connectivity index (χ4n) is 2.52. The number of rotatable bonds is 4. The van der Waals surface area contributed by atoms with Crippen molar-refractivity contribution in [1.82, 2.24) is 9.88 Å². The monoisotopic (exact) mass is 275 g/mol. The summed E-state index contributed by atoms with van der Waals surface area (Å²) in [6.45, 7) is 8.82. The van der Waals surface area contributed by atoms with Gasteiger partial charge in [0.1, 0.15) is 5.52 Å². The molecule has 108 valence electrons. The Bertz CT molecular complexity index is 540. The van der Waals surface area contributed by atoms with Gasteiger partial charge < -0.3 is 14.5 Å². The summed E-state index contributed by atoms with van der Waals surface area (Å²) in [5, 5.41) is 3.31. The number of benzene rings is 1. The molecule has 0 unspecified atom stereocenters. The van der Waals surface area contributed by atoms with Gasteiger partial charge in [-0.15, -0.1) is 0 Å². The Hall–Kier alpha value is -1.59. The lowest BCUT2D eigenvalue weighted by atomic mass is 10.0. The van der Waals surface area contributed by atoms with Gasteiger partial charge in [0.2, 0.25) is 0 Å². The molecular weight excluding hydrogens is 254 g/mol. The average Bonchev–Trinajstić information content (AvgIpc) is 2.89. The third kappa shape index (κ3) is 2.78. The maximum atomic E-state index is 5.69. The second kappa shape index (κ2) is 5.42. The first-order valence-electron chi connectivity index (χ1n) is 7.07. The first-order chi connectivity index (χ1) is 9.65. The van der Waals surface area contributed by atoms with Crippen LogP contribution in [0.5, 0.6) is 0 Å². The van der Waals surface area contributed by atoms with Crippen molar-refractivity contribution in [2.24, 2.45) is 0 Å². The number of nitrogens with zero attached hydrogens (tertiary/aromatic N) is 2. The summed E-state index contributed by atoms with van der Waals surface area (Å²) < 4.78 is 11.1. The van der Waals surface area contributed by atoms with E-state index >= 15 is 0 Å². The molecule has 1 aromatic carbocycles. The number of fused-ring (bicyclic) bond motifs is 1. The second-order valence-corrected chi connectivity index (χ2v) is 5.75. The fraction of sp³-hybridized carbons (Fsp3) is 0.533. The SMILES string of the molecule is CC(C)(CNc1nc2ccccc2o1)N1CCOCC1. The van der Waals surface area contributed by atoms with E-state index in [1.807, 2.05) is 24.3 Å². The highest BCUT2D eigenvalue weighted by atomic mass is 16.5. The van der Waals surface area contributed by atoms with E-state index in [0.717, 1.165) is 43.9 Å². The molecule has 0 radical (unpaired) electrons. The van der Waals surface area contributed by atoms with E-state index in [0.29, 0.717) is 6.01 Å². The number of anilines is 1. The molecule has 0 atom stereocenters. The number of hydrogen-bond donors (Lipinski definition) is 1. The smallest absolute Gasteiger partial charge is 0.295 e. The van der Waals surface area contributed by atoms with Crippen molar-refractivity contribution >= 4 is 17.1 Å². The third-order valence-electron chi connectivity index (χ3n) is 3.83. The summed E-state index contributed by atoms with van der Waals surface area (Å²) in [5.74, 6) is 0. The summed E-state index contributed by atoms with van der Waals surface area (Å²) in [7, 11) is 0. The van der Waals surface area contributed by atoms with Gasteiger partial charge in [-0.1, -0.05) is 12.1 Å². The maximum Gasteiger partial charge on any atom is 0.295 e. The van der Waals surface area contributed by atoms with E-state index in [1.54, 1.807) is 0 Å². The van der Waals surface area contributed by atoms with Gasteiger partial charge >= 0.3 is 0 Å². The van der Waals surface area contributed by atoms with Gasteiger partial charge in [-0.3, -0.25) is 4.90 Å². The molecule has 1 aliphatic heterocycles. The number of oxazole rings is 1. The van der Waals surface area contributed by atoms with Crippen LogP contribution in [0.4, 0.5) is 6.01 Å². The van der Waals surface area contributed by atoms with Crippen LogP contribution in [0.3, 0.4) is 0 Å². The molecule has 1 aliphatic rings. The van der Waals surface area contributed by atoms with Crippen LogP contribution in [-0.2, 0) is 4.74 Å². The predicted molar refractivity (Wildman–Crippen MR) is 79.0 cm³/mol. The van der Waals surface area contributed by atoms with Crippen LogP contribution in [0.2, 0.25) is 0 Å². The van der Waals surface area contributed by atoms with Crippen molar-refractivity contribution in [3.63, 3.8) is 0 Å². The van der Waals surface area contributed by atoms with Crippen LogP contribution in [0.25, 0.3) is 11.1 Å². The van der Waals surface area contributed by atoms with Crippen LogP contribution < -0.4 is 5.32 Å². The molecule has 2 aromatic rings. The van der Waals surface area contributed by atoms with Gasteiger partial charge in [0.25, 0.3) is 6.01 Å². The van der Waals surface area contributed by atoms with Crippen LogP contribution >= 0.6 is 0 Å². The van der Waals surface area contributed by atoms with Gasteiger partial charge in [-0.2, -0.15) is 4.98 Å². The molecule has 5 heteroatoms.